The highest BCUT2D eigenvalue weighted by atomic mass is 15.1. The van der Waals surface area contributed by atoms with Gasteiger partial charge in [-0.05, 0) is 139 Å². The lowest BCUT2D eigenvalue weighted by molar-refractivity contribution is 0.622. The molecule has 2 heteroatoms. The van der Waals surface area contributed by atoms with Gasteiger partial charge in [0.15, 0.2) is 0 Å². The van der Waals surface area contributed by atoms with Crippen LogP contribution in [0.1, 0.15) is 75.1 Å². The van der Waals surface area contributed by atoms with Gasteiger partial charge in [0.2, 0.25) is 0 Å². The summed E-state index contributed by atoms with van der Waals surface area (Å²) >= 11 is 0. The average Bonchev–Trinajstić information content (AvgIpc) is 3.99. The van der Waals surface area contributed by atoms with Crippen LogP contribution in [0.15, 0.2) is 206 Å². The largest absolute Gasteiger partial charge is 0.312 e. The van der Waals surface area contributed by atoms with Crippen LogP contribution in [0.2, 0.25) is 0 Å². The molecule has 0 fully saturated rings. The molecule has 0 radical (unpaired) electrons. The van der Waals surface area contributed by atoms with Gasteiger partial charge >= 0.3 is 0 Å². The van der Waals surface area contributed by atoms with Crippen molar-refractivity contribution >= 4 is 28.0 Å². The number of hydrogen-bond donors (Lipinski definition) is 0. The molecule has 0 spiro atoms. The van der Waals surface area contributed by atoms with Gasteiger partial charge in [-0.3, -0.25) is 0 Å². The fraction of sp³-hybridized carbons (Fsp3) is 0.138. The highest BCUT2D eigenvalue weighted by Gasteiger charge is 2.42. The summed E-state index contributed by atoms with van der Waals surface area (Å²) in [5.74, 6) is 0. The van der Waals surface area contributed by atoms with E-state index >= 15 is 0 Å². The van der Waals surface area contributed by atoms with E-state index in [1.807, 2.05) is 0 Å². The number of anilines is 3. The maximum Gasteiger partial charge on any atom is 0.0538 e. The van der Waals surface area contributed by atoms with Crippen molar-refractivity contribution in [2.75, 3.05) is 4.90 Å². The van der Waals surface area contributed by atoms with E-state index in [0.717, 1.165) is 17.1 Å². The van der Waals surface area contributed by atoms with Gasteiger partial charge in [-0.25, -0.2) is 0 Å². The Morgan fingerprint density at radius 1 is 0.328 bits per heavy atom. The minimum atomic E-state index is -0.192. The Balaban J connectivity index is 0.932. The second kappa shape index (κ2) is 14.2. The molecule has 0 aliphatic heterocycles. The molecule has 13 rings (SSSR count). The summed E-state index contributed by atoms with van der Waals surface area (Å²) in [6.45, 7) is 14.3. The van der Waals surface area contributed by atoms with Gasteiger partial charge in [0.25, 0.3) is 0 Å². The number of aromatic nitrogens is 1. The van der Waals surface area contributed by atoms with Gasteiger partial charge in [-0.2, -0.15) is 0 Å². The predicted octanol–water partition coefficient (Wildman–Crippen LogP) is 17.4. The first-order valence-corrected chi connectivity index (χ1v) is 23.8. The minimum absolute atomic E-state index is 0.0872. The standard InChI is InChI=1S/C65H52N2/c1-63(2)55-21-13-10-18-49(55)51-35-33-47(39-58(51)63)66(45-29-24-42(25-30-45)41-16-8-7-9-17-41)46-31-26-43(27-32-46)44-28-37-60-54(38-44)61-53-20-12-15-23-57(53)65(5,6)62(61)67(60)48-34-36-52-50-19-11-14-22-56(50)64(3,4)59(52)40-48/h7-40H,1-6H3. The molecular weight excluding hydrogens is 809 g/mol. The van der Waals surface area contributed by atoms with Crippen LogP contribution in [-0.2, 0) is 16.2 Å². The zero-order valence-electron chi connectivity index (χ0n) is 39.0. The summed E-state index contributed by atoms with van der Waals surface area (Å²) in [5, 5.41) is 1.29. The van der Waals surface area contributed by atoms with E-state index in [1.54, 1.807) is 0 Å². The summed E-state index contributed by atoms with van der Waals surface area (Å²) in [5.41, 5.74) is 26.6. The molecule has 67 heavy (non-hydrogen) atoms. The SMILES string of the molecule is CC1(C)c2ccccc2-c2ccc(N(c3ccc(-c4ccccc4)cc3)c3ccc(-c4ccc5c(c4)c4c(n5-c5ccc6c(c5)C(C)(C)c5ccccc5-6)C(C)(C)c5ccccc5-4)cc3)cc21. The van der Waals surface area contributed by atoms with E-state index in [9.17, 15) is 0 Å². The van der Waals surface area contributed by atoms with E-state index in [2.05, 4.69) is 257 Å². The Morgan fingerprint density at radius 2 is 0.776 bits per heavy atom. The van der Waals surface area contributed by atoms with Gasteiger partial charge in [-0.1, -0.05) is 187 Å². The quantitative estimate of drug-likeness (QED) is 0.162. The van der Waals surface area contributed by atoms with Crippen molar-refractivity contribution in [2.24, 2.45) is 0 Å². The van der Waals surface area contributed by atoms with Gasteiger partial charge in [0.1, 0.15) is 0 Å². The third-order valence-corrected chi connectivity index (χ3v) is 15.8. The number of nitrogens with zero attached hydrogens (tertiary/aromatic N) is 2. The van der Waals surface area contributed by atoms with E-state index in [0.29, 0.717) is 0 Å². The minimum Gasteiger partial charge on any atom is -0.312 e. The van der Waals surface area contributed by atoms with Crippen LogP contribution in [0.25, 0.3) is 72.2 Å². The molecule has 3 aliphatic rings. The Bertz CT molecular complexity index is 3640. The topological polar surface area (TPSA) is 8.17 Å². The fourth-order valence-corrected chi connectivity index (χ4v) is 12.3. The summed E-state index contributed by atoms with van der Waals surface area (Å²) in [7, 11) is 0. The lowest BCUT2D eigenvalue weighted by atomic mass is 9.82. The molecule has 0 bridgehead atoms. The van der Waals surface area contributed by atoms with Crippen LogP contribution in [0.5, 0.6) is 0 Å². The van der Waals surface area contributed by atoms with E-state index < -0.39 is 0 Å². The van der Waals surface area contributed by atoms with Crippen LogP contribution in [0.4, 0.5) is 17.1 Å². The van der Waals surface area contributed by atoms with Gasteiger partial charge in [0, 0.05) is 55.6 Å². The highest BCUT2D eigenvalue weighted by Crippen LogP contribution is 2.56. The monoisotopic (exact) mass is 860 g/mol. The van der Waals surface area contributed by atoms with Crippen LogP contribution < -0.4 is 4.90 Å². The first kappa shape index (κ1) is 39.7. The molecule has 0 N–H and O–H groups in total. The van der Waals surface area contributed by atoms with Gasteiger partial charge in [0.05, 0.1) is 5.52 Å². The van der Waals surface area contributed by atoms with Crippen LogP contribution >= 0.6 is 0 Å². The maximum atomic E-state index is 2.58. The third kappa shape index (κ3) is 5.69. The molecule has 9 aromatic carbocycles. The van der Waals surface area contributed by atoms with Crippen molar-refractivity contribution in [1.29, 1.82) is 0 Å². The van der Waals surface area contributed by atoms with Crippen molar-refractivity contribution < 1.29 is 0 Å². The second-order valence-corrected chi connectivity index (χ2v) is 20.6. The number of benzene rings is 9. The van der Waals surface area contributed by atoms with Gasteiger partial charge < -0.3 is 9.47 Å². The Labute approximate surface area is 394 Å². The summed E-state index contributed by atoms with van der Waals surface area (Å²) in [6.07, 6.45) is 0. The van der Waals surface area contributed by atoms with Gasteiger partial charge in [-0.15, -0.1) is 0 Å². The maximum absolute atomic E-state index is 2.58. The lowest BCUT2D eigenvalue weighted by Gasteiger charge is -2.28. The summed E-state index contributed by atoms with van der Waals surface area (Å²) < 4.78 is 2.58. The highest BCUT2D eigenvalue weighted by molar-refractivity contribution is 6.05. The van der Waals surface area contributed by atoms with E-state index in [1.165, 1.54) is 106 Å². The lowest BCUT2D eigenvalue weighted by Crippen LogP contribution is -2.20. The molecule has 0 unspecified atom stereocenters. The molecule has 0 amide bonds. The third-order valence-electron chi connectivity index (χ3n) is 15.8. The second-order valence-electron chi connectivity index (χ2n) is 20.6. The van der Waals surface area contributed by atoms with Crippen molar-refractivity contribution in [2.45, 2.75) is 57.8 Å². The zero-order chi connectivity index (χ0) is 45.4. The molecule has 1 aromatic heterocycles. The summed E-state index contributed by atoms with van der Waals surface area (Å²) in [6, 6.07) is 77.2. The van der Waals surface area contributed by atoms with E-state index in [4.69, 9.17) is 0 Å². The van der Waals surface area contributed by atoms with Crippen molar-refractivity contribution in [3.8, 4) is 61.3 Å². The number of fused-ring (bicyclic) bond motifs is 11. The fourth-order valence-electron chi connectivity index (χ4n) is 12.3. The molecule has 3 aliphatic carbocycles. The molecule has 0 saturated carbocycles. The molecule has 1 heterocycles. The van der Waals surface area contributed by atoms with Crippen molar-refractivity contribution in [1.82, 2.24) is 4.57 Å². The first-order chi connectivity index (χ1) is 32.5. The Hall–Kier alpha value is -7.68. The molecule has 0 atom stereocenters. The molecule has 322 valence electrons. The number of rotatable bonds is 6. The average molecular weight is 861 g/mol. The first-order valence-electron chi connectivity index (χ1n) is 23.8. The predicted molar refractivity (Wildman–Crippen MR) is 282 cm³/mol. The summed E-state index contributed by atoms with van der Waals surface area (Å²) in [4.78, 5) is 2.42. The normalized spacial score (nSPS) is 15.1. The molecular formula is C65H52N2. The number of hydrogen-bond acceptors (Lipinski definition) is 1. The van der Waals surface area contributed by atoms with E-state index in [-0.39, 0.29) is 16.2 Å². The van der Waals surface area contributed by atoms with Crippen molar-refractivity contribution in [3.63, 3.8) is 0 Å². The Kier molecular flexibility index (Phi) is 8.38. The van der Waals surface area contributed by atoms with Crippen molar-refractivity contribution in [3.05, 3.63) is 240 Å². The van der Waals surface area contributed by atoms with Crippen LogP contribution in [0.3, 0.4) is 0 Å². The Morgan fingerprint density at radius 3 is 1.39 bits per heavy atom. The molecule has 0 saturated heterocycles. The van der Waals surface area contributed by atoms with Crippen LogP contribution in [-0.4, -0.2) is 4.57 Å². The van der Waals surface area contributed by atoms with Crippen LogP contribution in [0, 0.1) is 0 Å². The smallest absolute Gasteiger partial charge is 0.0538 e. The molecule has 10 aromatic rings. The molecule has 2 nitrogen and oxygen atoms in total. The zero-order valence-corrected chi connectivity index (χ0v) is 39.0.